The number of H-pyrrole nitrogens is 1. The summed E-state index contributed by atoms with van der Waals surface area (Å²) in [5.41, 5.74) is 2.43. The summed E-state index contributed by atoms with van der Waals surface area (Å²) in [6.07, 6.45) is 3.90. The molecule has 3 heteroatoms. The second-order valence-corrected chi connectivity index (χ2v) is 5.26. The number of benzene rings is 1. The van der Waals surface area contributed by atoms with Crippen LogP contribution < -0.4 is 5.32 Å². The van der Waals surface area contributed by atoms with Crippen molar-refractivity contribution >= 4 is 16.8 Å². The van der Waals surface area contributed by atoms with Gasteiger partial charge in [0.15, 0.2) is 0 Å². The van der Waals surface area contributed by atoms with Crippen molar-refractivity contribution in [3.8, 4) is 0 Å². The molecule has 0 bridgehead atoms. The van der Waals surface area contributed by atoms with Gasteiger partial charge >= 0.3 is 0 Å². The first-order chi connectivity index (χ1) is 8.74. The average molecular weight is 242 g/mol. The van der Waals surface area contributed by atoms with E-state index < -0.39 is 0 Å². The summed E-state index contributed by atoms with van der Waals surface area (Å²) >= 11 is 0. The van der Waals surface area contributed by atoms with Gasteiger partial charge in [-0.15, -0.1) is 0 Å². The molecule has 2 N–H and O–H groups in total. The third kappa shape index (κ3) is 2.26. The van der Waals surface area contributed by atoms with Crippen LogP contribution in [-0.2, 0) is 11.2 Å². The van der Waals surface area contributed by atoms with E-state index in [1.807, 2.05) is 6.20 Å². The van der Waals surface area contributed by atoms with Crippen LogP contribution in [-0.4, -0.2) is 17.4 Å². The van der Waals surface area contributed by atoms with Gasteiger partial charge in [-0.25, -0.2) is 0 Å². The second kappa shape index (κ2) is 4.48. The standard InChI is InChI=1S/C15H18N2O/c1-10-8-13(10)15(18)17-6-4-11-2-3-14-12(9-11)5-7-16-14/h2-3,5,7,9-10,13,16H,4,6,8H2,1H3,(H,17,18)/t10-,13+/m1/s1. The summed E-state index contributed by atoms with van der Waals surface area (Å²) in [6, 6.07) is 8.46. The highest BCUT2D eigenvalue weighted by Crippen LogP contribution is 2.37. The normalized spacial score (nSPS) is 22.1. The molecular weight excluding hydrogens is 224 g/mol. The lowest BCUT2D eigenvalue weighted by molar-refractivity contribution is -0.122. The Morgan fingerprint density at radius 2 is 2.28 bits per heavy atom. The van der Waals surface area contributed by atoms with Gasteiger partial charge in [-0.2, -0.15) is 0 Å². The van der Waals surface area contributed by atoms with Gasteiger partial charge in [0.2, 0.25) is 5.91 Å². The Labute approximate surface area is 107 Å². The van der Waals surface area contributed by atoms with E-state index >= 15 is 0 Å². The number of aromatic nitrogens is 1. The second-order valence-electron chi connectivity index (χ2n) is 5.26. The molecule has 3 rings (SSSR count). The molecule has 1 saturated carbocycles. The third-order valence-corrected chi connectivity index (χ3v) is 3.78. The van der Waals surface area contributed by atoms with Gasteiger partial charge in [0.1, 0.15) is 0 Å². The molecule has 0 spiro atoms. The molecule has 3 nitrogen and oxygen atoms in total. The monoisotopic (exact) mass is 242 g/mol. The number of carbonyl (C=O) groups excluding carboxylic acids is 1. The van der Waals surface area contributed by atoms with E-state index in [2.05, 4.69) is 41.5 Å². The number of fused-ring (bicyclic) bond motifs is 1. The van der Waals surface area contributed by atoms with Crippen LogP contribution in [0.2, 0.25) is 0 Å². The van der Waals surface area contributed by atoms with Crippen molar-refractivity contribution in [2.75, 3.05) is 6.54 Å². The minimum Gasteiger partial charge on any atom is -0.361 e. The molecule has 0 radical (unpaired) electrons. The zero-order valence-corrected chi connectivity index (χ0v) is 10.6. The molecule has 0 aliphatic heterocycles. The van der Waals surface area contributed by atoms with Crippen molar-refractivity contribution in [2.24, 2.45) is 11.8 Å². The molecule has 1 fully saturated rings. The maximum absolute atomic E-state index is 11.7. The number of hydrogen-bond acceptors (Lipinski definition) is 1. The van der Waals surface area contributed by atoms with Crippen molar-refractivity contribution < 1.29 is 4.79 Å². The SMILES string of the molecule is C[C@@H]1C[C@@H]1C(=O)NCCc1ccc2[nH]ccc2c1. The molecule has 1 aromatic heterocycles. The smallest absolute Gasteiger partial charge is 0.223 e. The van der Waals surface area contributed by atoms with Crippen LogP contribution in [0.25, 0.3) is 10.9 Å². The predicted octanol–water partition coefficient (Wildman–Crippen LogP) is 2.48. The molecule has 1 aliphatic carbocycles. The highest BCUT2D eigenvalue weighted by atomic mass is 16.2. The third-order valence-electron chi connectivity index (χ3n) is 3.78. The average Bonchev–Trinajstić information content (AvgIpc) is 2.91. The van der Waals surface area contributed by atoms with E-state index in [1.165, 1.54) is 10.9 Å². The first-order valence-electron chi connectivity index (χ1n) is 6.58. The van der Waals surface area contributed by atoms with Gasteiger partial charge in [0, 0.05) is 24.2 Å². The molecule has 2 aromatic rings. The topological polar surface area (TPSA) is 44.9 Å². The maximum atomic E-state index is 11.7. The van der Waals surface area contributed by atoms with Gasteiger partial charge in [-0.05, 0) is 47.9 Å². The van der Waals surface area contributed by atoms with Gasteiger partial charge in [0.05, 0.1) is 0 Å². The Balaban J connectivity index is 1.54. The number of amides is 1. The van der Waals surface area contributed by atoms with Crippen molar-refractivity contribution in [3.05, 3.63) is 36.0 Å². The van der Waals surface area contributed by atoms with Gasteiger partial charge in [0.25, 0.3) is 0 Å². The van der Waals surface area contributed by atoms with E-state index in [-0.39, 0.29) is 11.8 Å². The summed E-state index contributed by atoms with van der Waals surface area (Å²) in [7, 11) is 0. The fourth-order valence-corrected chi connectivity index (χ4v) is 2.41. The molecule has 2 atom stereocenters. The van der Waals surface area contributed by atoms with Gasteiger partial charge < -0.3 is 10.3 Å². The van der Waals surface area contributed by atoms with Gasteiger partial charge in [-0.3, -0.25) is 4.79 Å². The predicted molar refractivity (Wildman–Crippen MR) is 72.3 cm³/mol. The number of nitrogens with one attached hydrogen (secondary N) is 2. The van der Waals surface area contributed by atoms with Crippen LogP contribution in [0.1, 0.15) is 18.9 Å². The zero-order valence-electron chi connectivity index (χ0n) is 10.6. The van der Waals surface area contributed by atoms with E-state index in [0.717, 1.165) is 24.9 Å². The fourth-order valence-electron chi connectivity index (χ4n) is 2.41. The Morgan fingerprint density at radius 3 is 3.06 bits per heavy atom. The minimum atomic E-state index is 0.227. The molecule has 1 aromatic carbocycles. The van der Waals surface area contributed by atoms with Crippen LogP contribution in [0.5, 0.6) is 0 Å². The van der Waals surface area contributed by atoms with Crippen molar-refractivity contribution in [1.29, 1.82) is 0 Å². The number of rotatable bonds is 4. The molecular formula is C15H18N2O. The quantitative estimate of drug-likeness (QED) is 0.850. The van der Waals surface area contributed by atoms with E-state index in [0.29, 0.717) is 5.92 Å². The Hall–Kier alpha value is -1.77. The highest BCUT2D eigenvalue weighted by molar-refractivity contribution is 5.81. The maximum Gasteiger partial charge on any atom is 0.223 e. The Bertz CT molecular complexity index is 573. The number of hydrogen-bond donors (Lipinski definition) is 2. The first kappa shape index (κ1) is 11.3. The molecule has 1 aliphatic rings. The Morgan fingerprint density at radius 1 is 1.44 bits per heavy atom. The van der Waals surface area contributed by atoms with Gasteiger partial charge in [-0.1, -0.05) is 13.0 Å². The van der Waals surface area contributed by atoms with Crippen molar-refractivity contribution in [3.63, 3.8) is 0 Å². The summed E-state index contributed by atoms with van der Waals surface area (Å²) < 4.78 is 0. The van der Waals surface area contributed by atoms with Crippen LogP contribution in [0, 0.1) is 11.8 Å². The van der Waals surface area contributed by atoms with E-state index in [1.54, 1.807) is 0 Å². The molecule has 18 heavy (non-hydrogen) atoms. The first-order valence-corrected chi connectivity index (χ1v) is 6.58. The zero-order chi connectivity index (χ0) is 12.5. The van der Waals surface area contributed by atoms with E-state index in [9.17, 15) is 4.79 Å². The summed E-state index contributed by atoms with van der Waals surface area (Å²) in [5, 5.41) is 4.25. The number of aromatic amines is 1. The fraction of sp³-hybridized carbons (Fsp3) is 0.400. The lowest BCUT2D eigenvalue weighted by atomic mass is 10.1. The molecule has 94 valence electrons. The van der Waals surface area contributed by atoms with Crippen molar-refractivity contribution in [1.82, 2.24) is 10.3 Å². The minimum absolute atomic E-state index is 0.227. The van der Waals surface area contributed by atoms with Crippen LogP contribution in [0.15, 0.2) is 30.5 Å². The lowest BCUT2D eigenvalue weighted by Crippen LogP contribution is -2.27. The summed E-state index contributed by atoms with van der Waals surface area (Å²) in [5.74, 6) is 1.09. The van der Waals surface area contributed by atoms with Crippen LogP contribution >= 0.6 is 0 Å². The summed E-state index contributed by atoms with van der Waals surface area (Å²) in [6.45, 7) is 2.86. The van der Waals surface area contributed by atoms with Crippen molar-refractivity contribution in [2.45, 2.75) is 19.8 Å². The molecule has 1 amide bonds. The molecule has 0 unspecified atom stereocenters. The molecule has 0 saturated heterocycles. The number of carbonyl (C=O) groups is 1. The Kier molecular flexibility index (Phi) is 2.82. The van der Waals surface area contributed by atoms with E-state index in [4.69, 9.17) is 0 Å². The van der Waals surface area contributed by atoms with Crippen LogP contribution in [0.3, 0.4) is 0 Å². The largest absolute Gasteiger partial charge is 0.361 e. The highest BCUT2D eigenvalue weighted by Gasteiger charge is 2.38. The summed E-state index contributed by atoms with van der Waals surface area (Å²) in [4.78, 5) is 14.8. The lowest BCUT2D eigenvalue weighted by Gasteiger charge is -2.05. The van der Waals surface area contributed by atoms with Crippen LogP contribution in [0.4, 0.5) is 0 Å². The molecule has 1 heterocycles.